The molecule has 1 aliphatic heterocycles. The zero-order valence-electron chi connectivity index (χ0n) is 22.1. The van der Waals surface area contributed by atoms with Gasteiger partial charge in [0.2, 0.25) is 0 Å². The number of benzene rings is 2. The summed E-state index contributed by atoms with van der Waals surface area (Å²) in [4.78, 5) is 25.5. The first-order chi connectivity index (χ1) is 18.0. The number of hydrogen-bond donors (Lipinski definition) is 2. The van der Waals surface area contributed by atoms with Gasteiger partial charge in [-0.1, -0.05) is 44.7 Å². The monoisotopic (exact) mass is 505 g/mol. The van der Waals surface area contributed by atoms with E-state index in [0.717, 1.165) is 55.5 Å². The Balaban J connectivity index is 1.76. The van der Waals surface area contributed by atoms with E-state index in [1.54, 1.807) is 24.3 Å². The van der Waals surface area contributed by atoms with Gasteiger partial charge in [-0.25, -0.2) is 4.79 Å². The number of nitrogens with one attached hydrogen (secondary N) is 2. The highest BCUT2D eigenvalue weighted by molar-refractivity contribution is 5.91. The van der Waals surface area contributed by atoms with Crippen molar-refractivity contribution in [3.05, 3.63) is 59.2 Å². The topological polar surface area (TPSA) is 100 Å². The Morgan fingerprint density at radius 3 is 2.59 bits per heavy atom. The average molecular weight is 506 g/mol. The first-order valence-corrected chi connectivity index (χ1v) is 13.4. The number of carbonyl (C=O) groups is 2. The van der Waals surface area contributed by atoms with Gasteiger partial charge in [0.05, 0.1) is 30.9 Å². The van der Waals surface area contributed by atoms with Crippen LogP contribution in [-0.2, 0) is 20.8 Å². The van der Waals surface area contributed by atoms with Crippen LogP contribution in [-0.4, -0.2) is 44.8 Å². The molecule has 0 bridgehead atoms. The molecule has 0 spiro atoms. The van der Waals surface area contributed by atoms with E-state index in [1.165, 1.54) is 26.4 Å². The van der Waals surface area contributed by atoms with Crippen LogP contribution in [0.5, 0.6) is 0 Å². The molecule has 2 N–H and O–H groups in total. The molecule has 0 saturated carbocycles. The van der Waals surface area contributed by atoms with Crippen molar-refractivity contribution in [2.75, 3.05) is 26.8 Å². The van der Waals surface area contributed by atoms with Gasteiger partial charge < -0.3 is 20.1 Å². The summed E-state index contributed by atoms with van der Waals surface area (Å²) in [5.74, 6) is -0.449. The molecule has 1 heterocycles. The highest BCUT2D eigenvalue weighted by Crippen LogP contribution is 2.25. The fourth-order valence-corrected chi connectivity index (χ4v) is 4.78. The second-order valence-electron chi connectivity index (χ2n) is 9.63. The molecule has 0 aromatic heterocycles. The lowest BCUT2D eigenvalue weighted by Crippen LogP contribution is -2.47. The summed E-state index contributed by atoms with van der Waals surface area (Å²) in [6.45, 7) is 4.79. The maximum absolute atomic E-state index is 13.1. The van der Waals surface area contributed by atoms with Crippen LogP contribution < -0.4 is 10.6 Å². The van der Waals surface area contributed by atoms with Gasteiger partial charge >= 0.3 is 11.9 Å². The average Bonchev–Trinajstić information content (AvgIpc) is 2.95. The fraction of sp³-hybridized carbons (Fsp3) is 0.500. The third-order valence-electron chi connectivity index (χ3n) is 6.87. The second kappa shape index (κ2) is 15.1. The minimum atomic E-state index is -0.433. The number of ether oxygens (including phenoxy) is 2. The number of esters is 2. The van der Waals surface area contributed by atoms with Crippen LogP contribution in [0.4, 0.5) is 0 Å². The van der Waals surface area contributed by atoms with Gasteiger partial charge in [-0.2, -0.15) is 5.26 Å². The Bertz CT molecular complexity index is 1070. The van der Waals surface area contributed by atoms with Crippen molar-refractivity contribution in [1.29, 1.82) is 5.26 Å². The minimum Gasteiger partial charge on any atom is -0.465 e. The molecular weight excluding hydrogens is 466 g/mol. The molecule has 2 aromatic rings. The molecule has 7 heteroatoms. The lowest BCUT2D eigenvalue weighted by Gasteiger charge is -2.30. The molecule has 7 nitrogen and oxygen atoms in total. The van der Waals surface area contributed by atoms with Crippen LogP contribution in [0.15, 0.2) is 42.5 Å². The smallest absolute Gasteiger partial charge is 0.337 e. The first-order valence-electron chi connectivity index (χ1n) is 13.4. The number of piperidine rings is 1. The zero-order chi connectivity index (χ0) is 26.5. The van der Waals surface area contributed by atoms with Crippen LogP contribution in [0.3, 0.4) is 0 Å². The number of hydrogen-bond acceptors (Lipinski definition) is 7. The number of nitriles is 1. The number of rotatable bonds is 13. The normalized spacial score (nSPS) is 14.5. The molecule has 1 atom stereocenters. The Kier molecular flexibility index (Phi) is 11.6. The maximum atomic E-state index is 13.1. The quantitative estimate of drug-likeness (QED) is 0.292. The Morgan fingerprint density at radius 1 is 1.08 bits per heavy atom. The van der Waals surface area contributed by atoms with Crippen molar-refractivity contribution in [3.8, 4) is 17.2 Å². The van der Waals surface area contributed by atoms with Crippen molar-refractivity contribution in [1.82, 2.24) is 10.6 Å². The highest BCUT2D eigenvalue weighted by Gasteiger charge is 2.30. The maximum Gasteiger partial charge on any atom is 0.337 e. The molecule has 1 aliphatic rings. The highest BCUT2D eigenvalue weighted by atomic mass is 16.5. The number of nitrogens with zero attached hydrogens (tertiary/aromatic N) is 1. The predicted molar refractivity (Wildman–Crippen MR) is 144 cm³/mol. The molecule has 1 unspecified atom stereocenters. The Labute approximate surface area is 220 Å². The number of methoxy groups -OCH3 is 1. The molecule has 37 heavy (non-hydrogen) atoms. The Morgan fingerprint density at radius 2 is 1.86 bits per heavy atom. The Hall–Kier alpha value is -3.21. The van der Waals surface area contributed by atoms with Gasteiger partial charge in [-0.15, -0.1) is 0 Å². The standard InChI is InChI=1S/C30H39N3O4/c1-3-4-5-6-7-15-37-30(35)28(24-11-13-32-14-12-24)33-21-23-17-26(19-27(18-23)29(34)36-2)25-10-8-9-22(16-25)20-31/h8-10,16-19,24,28,32-33H,3-7,11-15,21H2,1-2H3. The van der Waals surface area contributed by atoms with Gasteiger partial charge in [-0.05, 0) is 85.3 Å². The van der Waals surface area contributed by atoms with E-state index in [0.29, 0.717) is 24.3 Å². The number of unbranched alkanes of at least 4 members (excludes halogenated alkanes) is 4. The predicted octanol–water partition coefficient (Wildman–Crippen LogP) is 4.98. The fourth-order valence-electron chi connectivity index (χ4n) is 4.78. The van der Waals surface area contributed by atoms with Crippen molar-refractivity contribution < 1.29 is 19.1 Å². The summed E-state index contributed by atoms with van der Waals surface area (Å²) in [5, 5.41) is 16.1. The van der Waals surface area contributed by atoms with Crippen molar-refractivity contribution >= 4 is 11.9 Å². The summed E-state index contributed by atoms with van der Waals surface area (Å²) in [7, 11) is 1.36. The van der Waals surface area contributed by atoms with E-state index in [4.69, 9.17) is 9.47 Å². The van der Waals surface area contributed by atoms with Gasteiger partial charge in [0.25, 0.3) is 0 Å². The van der Waals surface area contributed by atoms with Gasteiger partial charge in [0, 0.05) is 6.54 Å². The summed E-state index contributed by atoms with van der Waals surface area (Å²) in [6, 6.07) is 14.6. The summed E-state index contributed by atoms with van der Waals surface area (Å²) in [6.07, 6.45) is 7.32. The third-order valence-corrected chi connectivity index (χ3v) is 6.87. The second-order valence-corrected chi connectivity index (χ2v) is 9.63. The summed E-state index contributed by atoms with van der Waals surface area (Å²) in [5.41, 5.74) is 3.47. The van der Waals surface area contributed by atoms with Gasteiger partial charge in [0.15, 0.2) is 0 Å². The first kappa shape index (κ1) is 28.4. The summed E-state index contributed by atoms with van der Waals surface area (Å²) < 4.78 is 10.7. The van der Waals surface area contributed by atoms with E-state index in [9.17, 15) is 14.9 Å². The van der Waals surface area contributed by atoms with Gasteiger partial charge in [-0.3, -0.25) is 4.79 Å². The molecule has 0 radical (unpaired) electrons. The van der Waals surface area contributed by atoms with Crippen LogP contribution in [0.2, 0.25) is 0 Å². The van der Waals surface area contributed by atoms with Crippen LogP contribution >= 0.6 is 0 Å². The van der Waals surface area contributed by atoms with E-state index >= 15 is 0 Å². The van der Waals surface area contributed by atoms with Crippen molar-refractivity contribution in [3.63, 3.8) is 0 Å². The van der Waals surface area contributed by atoms with E-state index in [1.807, 2.05) is 18.2 Å². The largest absolute Gasteiger partial charge is 0.465 e. The van der Waals surface area contributed by atoms with Crippen LogP contribution in [0.25, 0.3) is 11.1 Å². The lowest BCUT2D eigenvalue weighted by molar-refractivity contribution is -0.148. The molecule has 3 rings (SSSR count). The van der Waals surface area contributed by atoms with Gasteiger partial charge in [0.1, 0.15) is 6.04 Å². The number of carbonyl (C=O) groups excluding carboxylic acids is 2. The molecule has 2 aromatic carbocycles. The molecule has 198 valence electrons. The van der Waals surface area contributed by atoms with E-state index in [-0.39, 0.29) is 11.9 Å². The molecule has 0 amide bonds. The van der Waals surface area contributed by atoms with Crippen LogP contribution in [0, 0.1) is 17.2 Å². The van der Waals surface area contributed by atoms with Crippen LogP contribution in [0.1, 0.15) is 73.4 Å². The van der Waals surface area contributed by atoms with Crippen molar-refractivity contribution in [2.24, 2.45) is 5.92 Å². The molecule has 1 fully saturated rings. The minimum absolute atomic E-state index is 0.185. The molecule has 0 aliphatic carbocycles. The molecular formula is C30H39N3O4. The third kappa shape index (κ3) is 8.70. The summed E-state index contributed by atoms with van der Waals surface area (Å²) >= 11 is 0. The molecule has 1 saturated heterocycles. The van der Waals surface area contributed by atoms with E-state index in [2.05, 4.69) is 23.6 Å². The van der Waals surface area contributed by atoms with E-state index < -0.39 is 12.0 Å². The van der Waals surface area contributed by atoms with Crippen molar-refractivity contribution in [2.45, 2.75) is 64.5 Å². The SMILES string of the molecule is CCCCCCCOC(=O)C(NCc1cc(C(=O)OC)cc(-c2cccc(C#N)c2)c1)C1CCNCC1. The lowest BCUT2D eigenvalue weighted by atomic mass is 9.90. The zero-order valence-corrected chi connectivity index (χ0v) is 22.1.